The van der Waals surface area contributed by atoms with Gasteiger partial charge in [-0.15, -0.1) is 0 Å². The molecule has 0 aromatic heterocycles. The minimum atomic E-state index is 0.0872. The molecule has 3 aromatic carbocycles. The normalized spacial score (nSPS) is 11.9. The summed E-state index contributed by atoms with van der Waals surface area (Å²) in [6, 6.07) is 16.8. The van der Waals surface area contributed by atoms with Crippen LogP contribution in [0.2, 0.25) is 0 Å². The summed E-state index contributed by atoms with van der Waals surface area (Å²) < 4.78 is 0. The lowest BCUT2D eigenvalue weighted by atomic mass is 9.91. The van der Waals surface area contributed by atoms with E-state index in [1.165, 1.54) is 32.7 Å². The minimum Gasteiger partial charge on any atom is -0.391 e. The topological polar surface area (TPSA) is 89.8 Å². The number of hydrogen-bond acceptors (Lipinski definition) is 4. The fraction of sp³-hybridized carbons (Fsp3) is 0.417. The van der Waals surface area contributed by atoms with Gasteiger partial charge in [0.15, 0.2) is 0 Å². The zero-order chi connectivity index (χ0) is 21.3. The number of hydrogen-bond donors (Lipinski definition) is 6. The molecule has 0 atom stereocenters. The third kappa shape index (κ3) is 5.16. The Morgan fingerprint density at radius 1 is 0.467 bits per heavy atom. The van der Waals surface area contributed by atoms with Crippen LogP contribution in [0.3, 0.4) is 0 Å². The van der Waals surface area contributed by atoms with E-state index in [1.807, 2.05) is 24.3 Å². The second-order valence-corrected chi connectivity index (χ2v) is 7.80. The van der Waals surface area contributed by atoms with Crippen LogP contribution in [0, 0.1) is 0 Å². The Balaban J connectivity index is 2.17. The van der Waals surface area contributed by atoms with Gasteiger partial charge in [-0.1, -0.05) is 48.5 Å². The van der Waals surface area contributed by atoms with Crippen molar-refractivity contribution in [2.24, 2.45) is 0 Å². The average Bonchev–Trinajstić information content (AvgIpc) is 2.76. The fourth-order valence-electron chi connectivity index (χ4n) is 4.43. The van der Waals surface area contributed by atoms with E-state index in [0.717, 1.165) is 22.9 Å². The fourth-order valence-corrected chi connectivity index (χ4v) is 4.43. The first-order chi connectivity index (χ1) is 14.7. The lowest BCUT2D eigenvalue weighted by molar-refractivity contribution is -0.914. The van der Waals surface area contributed by atoms with E-state index < -0.39 is 0 Å². The van der Waals surface area contributed by atoms with Gasteiger partial charge >= 0.3 is 0 Å². The van der Waals surface area contributed by atoms with Gasteiger partial charge in [0, 0.05) is 11.1 Å². The molecule has 0 unspecified atom stereocenters. The third-order valence-corrected chi connectivity index (χ3v) is 5.87. The number of rotatable bonds is 12. The van der Waals surface area contributed by atoms with Crippen molar-refractivity contribution in [2.75, 3.05) is 52.6 Å². The van der Waals surface area contributed by atoms with E-state index in [2.05, 4.69) is 24.3 Å². The highest BCUT2D eigenvalue weighted by atomic mass is 16.3. The summed E-state index contributed by atoms with van der Waals surface area (Å²) in [5.74, 6) is 0. The Morgan fingerprint density at radius 3 is 0.967 bits per heavy atom. The predicted octanol–water partition coefficient (Wildman–Crippen LogP) is -1.27. The number of benzene rings is 3. The first kappa shape index (κ1) is 22.6. The summed E-state index contributed by atoms with van der Waals surface area (Å²) in [5, 5.41) is 42.6. The number of aliphatic hydroxyl groups excluding tert-OH is 4. The van der Waals surface area contributed by atoms with Crippen molar-refractivity contribution >= 4 is 21.5 Å². The van der Waals surface area contributed by atoms with Gasteiger partial charge in [-0.3, -0.25) is 0 Å². The van der Waals surface area contributed by atoms with Gasteiger partial charge in [0.1, 0.15) is 39.3 Å². The van der Waals surface area contributed by atoms with Crippen LogP contribution < -0.4 is 9.80 Å². The molecule has 0 aliphatic carbocycles. The average molecular weight is 415 g/mol. The summed E-state index contributed by atoms with van der Waals surface area (Å²) in [4.78, 5) is 2.30. The van der Waals surface area contributed by atoms with E-state index in [9.17, 15) is 20.4 Å². The summed E-state index contributed by atoms with van der Waals surface area (Å²) in [5.41, 5.74) is 2.46. The molecule has 6 N–H and O–H groups in total. The molecular formula is C24H34N2O4+2. The van der Waals surface area contributed by atoms with E-state index in [0.29, 0.717) is 26.2 Å². The van der Waals surface area contributed by atoms with Gasteiger partial charge in [-0.05, 0) is 21.5 Å². The SMILES string of the molecule is OCC[NH+](CCO)Cc1c2ccccc2c(C[NH+](CCO)CCO)c2ccccc12. The molecule has 0 heterocycles. The van der Waals surface area contributed by atoms with Gasteiger partial charge in [0.05, 0.1) is 26.4 Å². The first-order valence-electron chi connectivity index (χ1n) is 10.7. The van der Waals surface area contributed by atoms with Gasteiger partial charge < -0.3 is 30.2 Å². The molecule has 3 rings (SSSR count). The third-order valence-electron chi connectivity index (χ3n) is 5.87. The minimum absolute atomic E-state index is 0.0872. The lowest BCUT2D eigenvalue weighted by Gasteiger charge is -2.23. The van der Waals surface area contributed by atoms with Gasteiger partial charge in [0.25, 0.3) is 0 Å². The molecule has 3 aromatic rings. The van der Waals surface area contributed by atoms with Crippen molar-refractivity contribution in [2.45, 2.75) is 13.1 Å². The Labute approximate surface area is 177 Å². The standard InChI is InChI=1S/C24H32N2O4/c27-13-9-25(10-14-28)17-23-19-5-1-2-6-20(19)24(18-26(11-15-29)12-16-30)22-8-4-3-7-21(22)23/h1-8,27-30H,9-18H2/p+2. The maximum atomic E-state index is 9.47. The van der Waals surface area contributed by atoms with E-state index in [-0.39, 0.29) is 26.4 Å². The molecule has 0 saturated heterocycles. The van der Waals surface area contributed by atoms with Crippen molar-refractivity contribution in [1.82, 2.24) is 0 Å². The van der Waals surface area contributed by atoms with Crippen molar-refractivity contribution in [3.63, 3.8) is 0 Å². The Bertz CT molecular complexity index is 802. The molecule has 0 radical (unpaired) electrons. The second-order valence-electron chi connectivity index (χ2n) is 7.80. The molecule has 6 heteroatoms. The summed E-state index contributed by atoms with van der Waals surface area (Å²) in [6.45, 7) is 4.18. The molecule has 0 fully saturated rings. The van der Waals surface area contributed by atoms with Gasteiger partial charge in [-0.25, -0.2) is 0 Å². The van der Waals surface area contributed by atoms with Crippen molar-refractivity contribution in [1.29, 1.82) is 0 Å². The second kappa shape index (κ2) is 11.4. The van der Waals surface area contributed by atoms with Gasteiger partial charge in [0.2, 0.25) is 0 Å². The smallest absolute Gasteiger partial charge is 0.104 e. The Hall–Kier alpha value is -2.06. The van der Waals surface area contributed by atoms with Crippen molar-refractivity contribution in [3.05, 3.63) is 59.7 Å². The molecule has 162 valence electrons. The maximum Gasteiger partial charge on any atom is 0.104 e. The molecule has 0 aliphatic rings. The largest absolute Gasteiger partial charge is 0.391 e. The van der Waals surface area contributed by atoms with Crippen LogP contribution in [0.4, 0.5) is 0 Å². The maximum absolute atomic E-state index is 9.47. The molecule has 6 nitrogen and oxygen atoms in total. The first-order valence-corrected chi connectivity index (χ1v) is 10.7. The van der Waals surface area contributed by atoms with Crippen molar-refractivity contribution in [3.8, 4) is 0 Å². The van der Waals surface area contributed by atoms with E-state index in [1.54, 1.807) is 0 Å². The zero-order valence-corrected chi connectivity index (χ0v) is 17.5. The molecule has 0 amide bonds. The zero-order valence-electron chi connectivity index (χ0n) is 17.5. The number of quaternary nitrogens is 2. The van der Waals surface area contributed by atoms with Crippen molar-refractivity contribution < 1.29 is 30.2 Å². The van der Waals surface area contributed by atoms with Gasteiger partial charge in [-0.2, -0.15) is 0 Å². The summed E-state index contributed by atoms with van der Waals surface area (Å²) in [6.07, 6.45) is 0. The van der Waals surface area contributed by atoms with Crippen LogP contribution in [0.15, 0.2) is 48.5 Å². The summed E-state index contributed by atoms with van der Waals surface area (Å²) >= 11 is 0. The molecule has 0 spiro atoms. The number of fused-ring (bicyclic) bond motifs is 2. The van der Waals surface area contributed by atoms with E-state index >= 15 is 0 Å². The van der Waals surface area contributed by atoms with Crippen LogP contribution >= 0.6 is 0 Å². The lowest BCUT2D eigenvalue weighted by Crippen LogP contribution is -3.11. The molecule has 30 heavy (non-hydrogen) atoms. The van der Waals surface area contributed by atoms with Crippen LogP contribution in [0.5, 0.6) is 0 Å². The summed E-state index contributed by atoms with van der Waals surface area (Å²) in [7, 11) is 0. The number of aliphatic hydroxyl groups is 4. The highest BCUT2D eigenvalue weighted by Gasteiger charge is 2.20. The quantitative estimate of drug-likeness (QED) is 0.209. The van der Waals surface area contributed by atoms with E-state index in [4.69, 9.17) is 0 Å². The van der Waals surface area contributed by atoms with Crippen LogP contribution in [-0.4, -0.2) is 73.0 Å². The molecule has 0 saturated carbocycles. The molecular weight excluding hydrogens is 380 g/mol. The highest BCUT2D eigenvalue weighted by Crippen LogP contribution is 2.32. The van der Waals surface area contributed by atoms with Crippen LogP contribution in [-0.2, 0) is 13.1 Å². The van der Waals surface area contributed by atoms with Crippen LogP contribution in [0.1, 0.15) is 11.1 Å². The number of nitrogens with one attached hydrogen (secondary N) is 2. The predicted molar refractivity (Wildman–Crippen MR) is 119 cm³/mol. The van der Waals surface area contributed by atoms with Crippen LogP contribution in [0.25, 0.3) is 21.5 Å². The monoisotopic (exact) mass is 414 g/mol. The molecule has 0 aliphatic heterocycles. The Morgan fingerprint density at radius 2 is 0.733 bits per heavy atom. The molecule has 0 bridgehead atoms. The Kier molecular flexibility index (Phi) is 8.57. The highest BCUT2D eigenvalue weighted by molar-refractivity contribution is 6.05.